The Bertz CT molecular complexity index is 2000. The number of anilines is 2. The number of halogens is 4. The topological polar surface area (TPSA) is 123 Å². The second kappa shape index (κ2) is 14.8. The summed E-state index contributed by atoms with van der Waals surface area (Å²) in [4.78, 5) is 31.7. The van der Waals surface area contributed by atoms with E-state index in [1.54, 1.807) is 25.3 Å². The Morgan fingerprint density at radius 2 is 1.74 bits per heavy atom. The number of aromatic nitrogens is 4. The normalized spacial score (nSPS) is 12.6. The molecule has 47 heavy (non-hydrogen) atoms. The van der Waals surface area contributed by atoms with Crippen molar-refractivity contribution in [3.05, 3.63) is 92.5 Å². The number of rotatable bonds is 8. The molecule has 1 fully saturated rings. The van der Waals surface area contributed by atoms with E-state index < -0.39 is 17.7 Å². The van der Waals surface area contributed by atoms with Crippen molar-refractivity contribution >= 4 is 51.4 Å². The summed E-state index contributed by atoms with van der Waals surface area (Å²) < 4.78 is 33.9. The molecule has 3 aromatic heterocycles. The number of hydrogen-bond donors (Lipinski definition) is 3. The zero-order valence-corrected chi connectivity index (χ0v) is 27.2. The molecule has 244 valence electrons. The van der Waals surface area contributed by atoms with E-state index in [4.69, 9.17) is 27.9 Å². The minimum absolute atomic E-state index is 0.0577. The molecule has 5 aromatic rings. The van der Waals surface area contributed by atoms with Crippen molar-refractivity contribution in [1.29, 1.82) is 0 Å². The van der Waals surface area contributed by atoms with Crippen molar-refractivity contribution in [3.63, 3.8) is 0 Å². The minimum Gasteiger partial charge on any atom is -0.481 e. The van der Waals surface area contributed by atoms with E-state index in [2.05, 4.69) is 31.0 Å². The molecule has 10 nitrogen and oxygen atoms in total. The van der Waals surface area contributed by atoms with E-state index in [-0.39, 0.29) is 27.5 Å². The van der Waals surface area contributed by atoms with Crippen LogP contribution in [-0.4, -0.2) is 46.4 Å². The molecule has 0 saturated carbocycles. The first-order chi connectivity index (χ1) is 22.6. The molecule has 0 aliphatic carbocycles. The second-order valence-corrected chi connectivity index (χ2v) is 11.3. The molecule has 1 aliphatic rings. The molecular weight excluding hydrogens is 651 g/mol. The Morgan fingerprint density at radius 3 is 2.38 bits per heavy atom. The number of carbonyl (C=O) groups is 1. The van der Waals surface area contributed by atoms with E-state index in [0.717, 1.165) is 35.7 Å². The number of benzene rings is 2. The van der Waals surface area contributed by atoms with Gasteiger partial charge in [-0.05, 0) is 31.7 Å². The molecule has 1 amide bonds. The third-order valence-electron chi connectivity index (χ3n) is 7.39. The molecule has 0 radical (unpaired) electrons. The van der Waals surface area contributed by atoms with Gasteiger partial charge in [-0.3, -0.25) is 9.59 Å². The largest absolute Gasteiger partial charge is 0.481 e. The van der Waals surface area contributed by atoms with Crippen molar-refractivity contribution in [1.82, 2.24) is 30.4 Å². The number of ether oxygens (including phenoxy) is 1. The van der Waals surface area contributed by atoms with Crippen molar-refractivity contribution in [2.24, 2.45) is 7.05 Å². The highest BCUT2D eigenvalue weighted by Crippen LogP contribution is 2.42. The summed E-state index contributed by atoms with van der Waals surface area (Å²) in [5, 5.41) is 13.7. The van der Waals surface area contributed by atoms with Crippen LogP contribution in [0.2, 0.25) is 10.0 Å². The fourth-order valence-corrected chi connectivity index (χ4v) is 5.67. The van der Waals surface area contributed by atoms with Crippen LogP contribution in [-0.2, 0) is 18.4 Å². The van der Waals surface area contributed by atoms with Crippen LogP contribution in [0.5, 0.6) is 5.88 Å². The van der Waals surface area contributed by atoms with E-state index in [9.17, 15) is 18.4 Å². The lowest BCUT2D eigenvalue weighted by molar-refractivity contribution is -0.119. The molecule has 3 N–H and O–H groups in total. The highest BCUT2D eigenvalue weighted by molar-refractivity contribution is 6.39. The Kier molecular flexibility index (Phi) is 10.6. The Morgan fingerprint density at radius 1 is 1.02 bits per heavy atom. The molecule has 0 unspecified atom stereocenters. The number of hydrogen-bond acceptors (Lipinski definition) is 8. The molecule has 4 heterocycles. The first-order valence-corrected chi connectivity index (χ1v) is 15.3. The fourth-order valence-electron chi connectivity index (χ4n) is 5.07. The number of carbonyl (C=O) groups excluding carboxylic acids is 1. The molecule has 14 heteroatoms. The van der Waals surface area contributed by atoms with Gasteiger partial charge in [0.1, 0.15) is 11.5 Å². The Balaban J connectivity index is 0.000000650. The van der Waals surface area contributed by atoms with Crippen LogP contribution in [0.25, 0.3) is 33.2 Å². The SMILES string of the molecule is CNCc1ccc(-c2cccc(-c3cccc(Nc4nc(C(F)F)cc5cnn(C)c(=O)c45)c3Cl)c2Cl)nc1OC.O=C1CCCN1. The summed E-state index contributed by atoms with van der Waals surface area (Å²) in [6.45, 7) is 1.48. The lowest BCUT2D eigenvalue weighted by Crippen LogP contribution is -2.20. The number of amides is 1. The molecule has 0 bridgehead atoms. The van der Waals surface area contributed by atoms with Crippen LogP contribution in [0.15, 0.2) is 65.6 Å². The first kappa shape index (κ1) is 33.7. The summed E-state index contributed by atoms with van der Waals surface area (Å²) in [7, 11) is 4.86. The third-order valence-corrected chi connectivity index (χ3v) is 8.20. The molecule has 0 spiro atoms. The summed E-state index contributed by atoms with van der Waals surface area (Å²) >= 11 is 13.8. The van der Waals surface area contributed by atoms with Gasteiger partial charge in [-0.25, -0.2) is 23.4 Å². The van der Waals surface area contributed by atoms with Crippen LogP contribution in [0.3, 0.4) is 0 Å². The fraction of sp³-hybridized carbons (Fsp3) is 0.242. The number of nitrogens with zero attached hydrogens (tertiary/aromatic N) is 4. The lowest BCUT2D eigenvalue weighted by Gasteiger charge is -2.16. The van der Waals surface area contributed by atoms with Crippen LogP contribution < -0.4 is 26.2 Å². The number of pyridine rings is 2. The van der Waals surface area contributed by atoms with Gasteiger partial charge in [0.25, 0.3) is 12.0 Å². The van der Waals surface area contributed by atoms with Gasteiger partial charge in [-0.2, -0.15) is 5.10 Å². The van der Waals surface area contributed by atoms with E-state index in [1.807, 2.05) is 37.4 Å². The first-order valence-electron chi connectivity index (χ1n) is 14.6. The molecule has 1 saturated heterocycles. The van der Waals surface area contributed by atoms with Crippen LogP contribution >= 0.6 is 23.2 Å². The highest BCUT2D eigenvalue weighted by Gasteiger charge is 2.20. The van der Waals surface area contributed by atoms with E-state index in [1.165, 1.54) is 13.2 Å². The maximum absolute atomic E-state index is 13.6. The van der Waals surface area contributed by atoms with Crippen molar-refractivity contribution < 1.29 is 18.3 Å². The number of fused-ring (bicyclic) bond motifs is 1. The average Bonchev–Trinajstić information content (AvgIpc) is 3.55. The Hall–Kier alpha value is -4.65. The second-order valence-electron chi connectivity index (χ2n) is 10.5. The Labute approximate surface area is 279 Å². The monoisotopic (exact) mass is 681 g/mol. The zero-order valence-electron chi connectivity index (χ0n) is 25.7. The van der Waals surface area contributed by atoms with Crippen LogP contribution in [0, 0.1) is 0 Å². The smallest absolute Gasteiger partial charge is 0.280 e. The van der Waals surface area contributed by atoms with Gasteiger partial charge < -0.3 is 20.7 Å². The van der Waals surface area contributed by atoms with Crippen LogP contribution in [0.4, 0.5) is 20.3 Å². The van der Waals surface area contributed by atoms with E-state index >= 15 is 0 Å². The quantitative estimate of drug-likeness (QED) is 0.166. The van der Waals surface area contributed by atoms with Gasteiger partial charge >= 0.3 is 0 Å². The van der Waals surface area contributed by atoms with Gasteiger partial charge in [0.05, 0.1) is 40.1 Å². The predicted octanol–water partition coefficient (Wildman–Crippen LogP) is 6.67. The van der Waals surface area contributed by atoms with Gasteiger partial charge in [0.15, 0.2) is 0 Å². The number of aryl methyl sites for hydroxylation is 1. The summed E-state index contributed by atoms with van der Waals surface area (Å²) in [6.07, 6.45) is 0.248. The average molecular weight is 683 g/mol. The summed E-state index contributed by atoms with van der Waals surface area (Å²) in [5.41, 5.74) is 2.73. The van der Waals surface area contributed by atoms with Crippen molar-refractivity contribution in [2.45, 2.75) is 25.8 Å². The maximum atomic E-state index is 13.6. The highest BCUT2D eigenvalue weighted by atomic mass is 35.5. The summed E-state index contributed by atoms with van der Waals surface area (Å²) in [5.74, 6) is 0.627. The van der Waals surface area contributed by atoms with E-state index in [0.29, 0.717) is 45.5 Å². The zero-order chi connectivity index (χ0) is 33.7. The number of nitrogens with one attached hydrogen (secondary N) is 3. The van der Waals surface area contributed by atoms with Crippen molar-refractivity contribution in [2.75, 3.05) is 26.0 Å². The van der Waals surface area contributed by atoms with Gasteiger partial charge in [0.2, 0.25) is 11.8 Å². The third kappa shape index (κ3) is 7.35. The van der Waals surface area contributed by atoms with Gasteiger partial charge in [-0.15, -0.1) is 0 Å². The van der Waals surface area contributed by atoms with Gasteiger partial charge in [0, 0.05) is 54.2 Å². The molecule has 1 aliphatic heterocycles. The minimum atomic E-state index is -2.85. The van der Waals surface area contributed by atoms with Crippen molar-refractivity contribution in [3.8, 4) is 28.3 Å². The predicted molar refractivity (Wildman–Crippen MR) is 180 cm³/mol. The van der Waals surface area contributed by atoms with Gasteiger partial charge in [-0.1, -0.05) is 59.6 Å². The molecular formula is C33H31Cl2F2N7O3. The summed E-state index contributed by atoms with van der Waals surface area (Å²) in [6, 6.07) is 15.6. The lowest BCUT2D eigenvalue weighted by atomic mass is 10.00. The van der Waals surface area contributed by atoms with Crippen LogP contribution in [0.1, 0.15) is 30.5 Å². The number of alkyl halides is 2. The maximum Gasteiger partial charge on any atom is 0.280 e. The number of methoxy groups -OCH3 is 1. The molecule has 6 rings (SSSR count). The standard InChI is InChI=1S/C29H24Cl2F2N6O2.C4H7NO/c1-34-13-15-10-11-20(38-28(15)41-3)19-8-4-6-17(24(19)30)18-7-5-9-21(25(18)31)36-27-23-16(12-22(37-27)26(32)33)14-35-39(2)29(23)40;6-4-2-1-3-5-4/h4-12,14,26,34H,13H2,1-3H3,(H,36,37);1-3H2,(H,5,6). The molecule has 0 atom stereocenters. The molecule has 2 aromatic carbocycles.